The van der Waals surface area contributed by atoms with Crippen molar-refractivity contribution >= 4 is 40.5 Å². The van der Waals surface area contributed by atoms with Crippen LogP contribution in [0.1, 0.15) is 43.0 Å². The number of hydrogen-bond acceptors (Lipinski definition) is 4. The highest BCUT2D eigenvalue weighted by molar-refractivity contribution is 7.80. The second kappa shape index (κ2) is 10.7. The normalized spacial score (nSPS) is 10.2. The number of anilines is 1. The van der Waals surface area contributed by atoms with Crippen LogP contribution in [0.25, 0.3) is 0 Å². The minimum Gasteiger partial charge on any atom is -0.494 e. The second-order valence-corrected chi connectivity index (χ2v) is 6.51. The van der Waals surface area contributed by atoms with E-state index in [2.05, 4.69) is 22.5 Å². The van der Waals surface area contributed by atoms with Crippen LogP contribution in [-0.2, 0) is 0 Å². The Morgan fingerprint density at radius 2 is 1.92 bits per heavy atom. The summed E-state index contributed by atoms with van der Waals surface area (Å²) >= 11 is 10.9. The van der Waals surface area contributed by atoms with Gasteiger partial charge in [-0.2, -0.15) is 0 Å². The lowest BCUT2D eigenvalue weighted by atomic mass is 10.2. The van der Waals surface area contributed by atoms with Gasteiger partial charge in [-0.25, -0.2) is 4.98 Å². The fourth-order valence-electron chi connectivity index (χ4n) is 2.21. The summed E-state index contributed by atoms with van der Waals surface area (Å²) in [6.07, 6.45) is 6.17. The van der Waals surface area contributed by atoms with Gasteiger partial charge in [0.15, 0.2) is 5.11 Å². The van der Waals surface area contributed by atoms with Gasteiger partial charge in [0.25, 0.3) is 5.91 Å². The highest BCUT2D eigenvalue weighted by Gasteiger charge is 2.08. The number of unbranched alkanes of at least 4 members (excludes halogenated alkanes) is 3. The molecule has 0 unspecified atom stereocenters. The lowest BCUT2D eigenvalue weighted by Crippen LogP contribution is -2.34. The van der Waals surface area contributed by atoms with Gasteiger partial charge in [-0.15, -0.1) is 0 Å². The first kappa shape index (κ1) is 20.1. The molecule has 2 N–H and O–H groups in total. The van der Waals surface area contributed by atoms with Gasteiger partial charge < -0.3 is 10.1 Å². The summed E-state index contributed by atoms with van der Waals surface area (Å²) in [5.41, 5.74) is 1.15. The minimum absolute atomic E-state index is 0.190. The van der Waals surface area contributed by atoms with Crippen molar-refractivity contribution in [2.75, 3.05) is 11.9 Å². The molecular weight excluding hydrogens is 370 g/mol. The zero-order chi connectivity index (χ0) is 18.8. The lowest BCUT2D eigenvalue weighted by molar-refractivity contribution is 0.0977. The van der Waals surface area contributed by atoms with Crippen molar-refractivity contribution in [2.24, 2.45) is 0 Å². The Morgan fingerprint density at radius 1 is 1.15 bits per heavy atom. The van der Waals surface area contributed by atoms with Crippen LogP contribution in [0.5, 0.6) is 5.75 Å². The van der Waals surface area contributed by atoms with E-state index in [1.54, 1.807) is 36.4 Å². The third kappa shape index (κ3) is 6.98. The van der Waals surface area contributed by atoms with E-state index < -0.39 is 0 Å². The quantitative estimate of drug-likeness (QED) is 0.383. The molecular formula is C19H22ClN3O2S. The SMILES string of the molecule is CCCCCCOc1ccc(C(=O)NC(=S)Nc2ccc(Cl)nc2)cc1. The molecule has 1 aromatic carbocycles. The first-order valence-electron chi connectivity index (χ1n) is 8.55. The number of pyridine rings is 1. The molecule has 0 radical (unpaired) electrons. The summed E-state index contributed by atoms with van der Waals surface area (Å²) in [7, 11) is 0. The standard InChI is InChI=1S/C19H22ClN3O2S/c1-2-3-4-5-12-25-16-9-6-14(7-10-16)18(24)23-19(26)22-15-8-11-17(20)21-13-15/h6-11,13H,2-5,12H2,1H3,(H2,22,23,24,26). The van der Waals surface area contributed by atoms with Gasteiger partial charge in [0.1, 0.15) is 10.9 Å². The monoisotopic (exact) mass is 391 g/mol. The first-order chi connectivity index (χ1) is 12.6. The number of carbonyl (C=O) groups is 1. The molecule has 0 atom stereocenters. The first-order valence-corrected chi connectivity index (χ1v) is 9.34. The van der Waals surface area contributed by atoms with Crippen molar-refractivity contribution in [3.05, 3.63) is 53.3 Å². The zero-order valence-corrected chi connectivity index (χ0v) is 16.2. The van der Waals surface area contributed by atoms with Crippen LogP contribution in [0, 0.1) is 0 Å². The molecule has 0 bridgehead atoms. The summed E-state index contributed by atoms with van der Waals surface area (Å²) < 4.78 is 5.67. The number of thiocarbonyl (C=S) groups is 1. The number of carbonyl (C=O) groups excluding carboxylic acids is 1. The molecule has 0 aliphatic heterocycles. The van der Waals surface area contributed by atoms with E-state index in [4.69, 9.17) is 28.6 Å². The van der Waals surface area contributed by atoms with Gasteiger partial charge in [0.2, 0.25) is 0 Å². The Labute approximate surface area is 164 Å². The van der Waals surface area contributed by atoms with Crippen LogP contribution in [0.2, 0.25) is 5.15 Å². The summed E-state index contributed by atoms with van der Waals surface area (Å²) in [5, 5.41) is 6.08. The molecule has 7 heteroatoms. The number of benzene rings is 1. The number of ether oxygens (including phenoxy) is 1. The van der Waals surface area contributed by atoms with E-state index in [0.717, 1.165) is 12.2 Å². The fraction of sp³-hybridized carbons (Fsp3) is 0.316. The largest absolute Gasteiger partial charge is 0.494 e. The summed E-state index contributed by atoms with van der Waals surface area (Å²) in [6, 6.07) is 10.4. The lowest BCUT2D eigenvalue weighted by Gasteiger charge is -2.10. The number of amides is 1. The molecule has 1 amide bonds. The van der Waals surface area contributed by atoms with Gasteiger partial charge >= 0.3 is 0 Å². The van der Waals surface area contributed by atoms with E-state index in [-0.39, 0.29) is 11.0 Å². The Balaban J connectivity index is 1.79. The molecule has 0 fully saturated rings. The van der Waals surface area contributed by atoms with Crippen LogP contribution >= 0.6 is 23.8 Å². The van der Waals surface area contributed by atoms with E-state index in [0.29, 0.717) is 23.0 Å². The Hall–Kier alpha value is -2.18. The summed E-state index contributed by atoms with van der Waals surface area (Å²) in [5.74, 6) is 0.463. The average molecular weight is 392 g/mol. The Morgan fingerprint density at radius 3 is 2.58 bits per heavy atom. The highest BCUT2D eigenvalue weighted by atomic mass is 35.5. The van der Waals surface area contributed by atoms with Crippen LogP contribution in [0.15, 0.2) is 42.6 Å². The molecule has 0 spiro atoms. The van der Waals surface area contributed by atoms with Gasteiger partial charge in [-0.3, -0.25) is 10.1 Å². The van der Waals surface area contributed by atoms with Gasteiger partial charge in [0, 0.05) is 5.56 Å². The third-order valence-corrected chi connectivity index (χ3v) is 4.02. The number of halogens is 1. The number of nitrogens with zero attached hydrogens (tertiary/aromatic N) is 1. The fourth-order valence-corrected chi connectivity index (χ4v) is 2.53. The minimum atomic E-state index is -0.293. The van der Waals surface area contributed by atoms with E-state index in [1.165, 1.54) is 25.5 Å². The molecule has 0 saturated heterocycles. The van der Waals surface area contributed by atoms with Crippen molar-refractivity contribution < 1.29 is 9.53 Å². The predicted octanol–water partition coefficient (Wildman–Crippen LogP) is 4.82. The Bertz CT molecular complexity index is 721. The van der Waals surface area contributed by atoms with Crippen LogP contribution in [0.4, 0.5) is 5.69 Å². The molecule has 5 nitrogen and oxygen atoms in total. The number of hydrogen-bond donors (Lipinski definition) is 2. The maximum Gasteiger partial charge on any atom is 0.257 e. The second-order valence-electron chi connectivity index (χ2n) is 5.71. The van der Waals surface area contributed by atoms with Crippen molar-refractivity contribution in [3.8, 4) is 5.75 Å². The summed E-state index contributed by atoms with van der Waals surface area (Å²) in [4.78, 5) is 16.2. The molecule has 26 heavy (non-hydrogen) atoms. The van der Waals surface area contributed by atoms with E-state index >= 15 is 0 Å². The molecule has 0 aliphatic carbocycles. The topological polar surface area (TPSA) is 63.2 Å². The molecule has 1 aromatic heterocycles. The predicted molar refractivity (Wildman–Crippen MR) is 109 cm³/mol. The van der Waals surface area contributed by atoms with Crippen molar-refractivity contribution in [1.82, 2.24) is 10.3 Å². The Kier molecular flexibility index (Phi) is 8.31. The smallest absolute Gasteiger partial charge is 0.257 e. The average Bonchev–Trinajstić information content (AvgIpc) is 2.64. The maximum atomic E-state index is 12.2. The van der Waals surface area contributed by atoms with Gasteiger partial charge in [-0.1, -0.05) is 37.8 Å². The van der Waals surface area contributed by atoms with E-state index in [9.17, 15) is 4.79 Å². The van der Waals surface area contributed by atoms with Crippen molar-refractivity contribution in [3.63, 3.8) is 0 Å². The van der Waals surface area contributed by atoms with Crippen LogP contribution in [-0.4, -0.2) is 22.6 Å². The third-order valence-electron chi connectivity index (χ3n) is 3.60. The van der Waals surface area contributed by atoms with Gasteiger partial charge in [-0.05, 0) is 55.0 Å². The molecule has 0 aliphatic rings. The highest BCUT2D eigenvalue weighted by Crippen LogP contribution is 2.13. The molecule has 0 saturated carbocycles. The van der Waals surface area contributed by atoms with Crippen molar-refractivity contribution in [2.45, 2.75) is 32.6 Å². The van der Waals surface area contributed by atoms with Crippen LogP contribution in [0.3, 0.4) is 0 Å². The molecule has 138 valence electrons. The number of aromatic nitrogens is 1. The number of rotatable bonds is 8. The molecule has 1 heterocycles. The zero-order valence-electron chi connectivity index (χ0n) is 14.6. The van der Waals surface area contributed by atoms with Crippen molar-refractivity contribution in [1.29, 1.82) is 0 Å². The molecule has 2 aromatic rings. The summed E-state index contributed by atoms with van der Waals surface area (Å²) in [6.45, 7) is 2.87. The number of nitrogens with one attached hydrogen (secondary N) is 2. The van der Waals surface area contributed by atoms with Gasteiger partial charge in [0.05, 0.1) is 18.5 Å². The molecule has 2 rings (SSSR count). The van der Waals surface area contributed by atoms with E-state index in [1.807, 2.05) is 0 Å². The van der Waals surface area contributed by atoms with Crippen LogP contribution < -0.4 is 15.4 Å². The maximum absolute atomic E-state index is 12.2.